The minimum Gasteiger partial charge on any atom is -0.355 e. The predicted molar refractivity (Wildman–Crippen MR) is 136 cm³/mol. The fraction of sp³-hybridized carbons (Fsp3) is 0.462. The molecule has 2 unspecified atom stereocenters. The second-order valence-electron chi connectivity index (χ2n) is 10.2. The topological polar surface area (TPSA) is 93.4 Å². The SMILES string of the molecule is CC(CCCC(c1ccccc1)n1cccn1)CNc1nc2c(C(C)(C)C)nn(C)c2c(=O)[nH]1. The zero-order chi connectivity index (χ0) is 24.3. The van der Waals surface area contributed by atoms with Gasteiger partial charge in [0.1, 0.15) is 5.52 Å². The average molecular weight is 462 g/mol. The molecule has 0 amide bonds. The van der Waals surface area contributed by atoms with Crippen molar-refractivity contribution in [2.75, 3.05) is 11.9 Å². The molecule has 3 heterocycles. The van der Waals surface area contributed by atoms with Crippen LogP contribution in [0.4, 0.5) is 5.95 Å². The molecule has 0 aliphatic carbocycles. The third kappa shape index (κ3) is 5.21. The maximum Gasteiger partial charge on any atom is 0.278 e. The average Bonchev–Trinajstić information content (AvgIpc) is 3.44. The van der Waals surface area contributed by atoms with Crippen LogP contribution in [0.15, 0.2) is 53.6 Å². The second-order valence-corrected chi connectivity index (χ2v) is 10.2. The van der Waals surface area contributed by atoms with Crippen LogP contribution in [-0.4, -0.2) is 36.1 Å². The predicted octanol–water partition coefficient (Wildman–Crippen LogP) is 4.66. The Labute approximate surface area is 200 Å². The molecule has 180 valence electrons. The highest BCUT2D eigenvalue weighted by Crippen LogP contribution is 2.27. The summed E-state index contributed by atoms with van der Waals surface area (Å²) in [5.41, 5.74) is 2.91. The second kappa shape index (κ2) is 9.83. The molecule has 4 rings (SSSR count). The van der Waals surface area contributed by atoms with E-state index in [-0.39, 0.29) is 17.0 Å². The molecular formula is C26H35N7O. The monoisotopic (exact) mass is 461 g/mol. The van der Waals surface area contributed by atoms with Crippen LogP contribution in [0.25, 0.3) is 11.0 Å². The summed E-state index contributed by atoms with van der Waals surface area (Å²) in [4.78, 5) is 20.3. The molecule has 8 nitrogen and oxygen atoms in total. The van der Waals surface area contributed by atoms with Crippen molar-refractivity contribution in [2.45, 2.75) is 58.4 Å². The summed E-state index contributed by atoms with van der Waals surface area (Å²) in [5.74, 6) is 0.924. The summed E-state index contributed by atoms with van der Waals surface area (Å²) in [7, 11) is 1.79. The first-order valence-electron chi connectivity index (χ1n) is 12.0. The quantitative estimate of drug-likeness (QED) is 0.378. The van der Waals surface area contributed by atoms with Crippen LogP contribution in [0.3, 0.4) is 0 Å². The van der Waals surface area contributed by atoms with Crippen LogP contribution in [0.2, 0.25) is 0 Å². The third-order valence-electron chi connectivity index (χ3n) is 6.22. The van der Waals surface area contributed by atoms with Gasteiger partial charge in [0.15, 0.2) is 5.52 Å². The van der Waals surface area contributed by atoms with Crippen molar-refractivity contribution in [3.63, 3.8) is 0 Å². The Kier molecular flexibility index (Phi) is 6.86. The molecule has 0 fully saturated rings. The number of H-pyrrole nitrogens is 1. The van der Waals surface area contributed by atoms with Crippen LogP contribution in [0.5, 0.6) is 0 Å². The Bertz CT molecular complexity index is 1270. The molecule has 4 aromatic rings. The molecule has 2 atom stereocenters. The van der Waals surface area contributed by atoms with Crippen molar-refractivity contribution in [1.82, 2.24) is 29.5 Å². The summed E-state index contributed by atoms with van der Waals surface area (Å²) >= 11 is 0. The molecule has 0 aliphatic heterocycles. The molecule has 0 radical (unpaired) electrons. The molecule has 0 spiro atoms. The number of anilines is 1. The standard InChI is InChI=1S/C26H35N7O/c1-18(11-9-14-20(33-16-10-15-28-33)19-12-7-6-8-13-19)17-27-25-29-21-22(24(34)30-25)32(5)31-23(21)26(2,3)4/h6-8,10,12-13,15-16,18,20H,9,11,14,17H2,1-5H3,(H2,27,29,30,34). The number of hydrogen-bond acceptors (Lipinski definition) is 5. The molecule has 0 bridgehead atoms. The number of nitrogens with one attached hydrogen (secondary N) is 2. The molecule has 34 heavy (non-hydrogen) atoms. The van der Waals surface area contributed by atoms with E-state index >= 15 is 0 Å². The van der Waals surface area contributed by atoms with Gasteiger partial charge < -0.3 is 5.32 Å². The fourth-order valence-corrected chi connectivity index (χ4v) is 4.39. The van der Waals surface area contributed by atoms with Crippen LogP contribution in [0, 0.1) is 5.92 Å². The highest BCUT2D eigenvalue weighted by atomic mass is 16.1. The molecule has 0 saturated carbocycles. The van der Waals surface area contributed by atoms with E-state index in [4.69, 9.17) is 4.98 Å². The molecule has 2 N–H and O–H groups in total. The first-order valence-corrected chi connectivity index (χ1v) is 12.0. The van der Waals surface area contributed by atoms with Gasteiger partial charge in [-0.1, -0.05) is 64.4 Å². The largest absolute Gasteiger partial charge is 0.355 e. The zero-order valence-electron chi connectivity index (χ0n) is 20.7. The van der Waals surface area contributed by atoms with Crippen molar-refractivity contribution in [2.24, 2.45) is 13.0 Å². The molecule has 0 aliphatic rings. The van der Waals surface area contributed by atoms with Gasteiger partial charge in [0, 0.05) is 31.4 Å². The minimum absolute atomic E-state index is 0.171. The van der Waals surface area contributed by atoms with Crippen molar-refractivity contribution >= 4 is 17.0 Å². The van der Waals surface area contributed by atoms with Gasteiger partial charge >= 0.3 is 0 Å². The van der Waals surface area contributed by atoms with Gasteiger partial charge in [0.2, 0.25) is 5.95 Å². The van der Waals surface area contributed by atoms with Crippen molar-refractivity contribution < 1.29 is 0 Å². The lowest BCUT2D eigenvalue weighted by atomic mass is 9.91. The van der Waals surface area contributed by atoms with E-state index in [1.807, 2.05) is 29.2 Å². The lowest BCUT2D eigenvalue weighted by molar-refractivity contribution is 0.435. The summed E-state index contributed by atoms with van der Waals surface area (Å²) < 4.78 is 3.67. The zero-order valence-corrected chi connectivity index (χ0v) is 20.7. The summed E-state index contributed by atoms with van der Waals surface area (Å²) in [5, 5.41) is 12.4. The smallest absolute Gasteiger partial charge is 0.278 e. The molecular weight excluding hydrogens is 426 g/mol. The van der Waals surface area contributed by atoms with Crippen LogP contribution in [-0.2, 0) is 12.5 Å². The van der Waals surface area contributed by atoms with E-state index in [1.165, 1.54) is 5.56 Å². The Morgan fingerprint density at radius 3 is 2.56 bits per heavy atom. The molecule has 0 saturated heterocycles. The number of nitrogens with zero attached hydrogens (tertiary/aromatic N) is 5. The normalized spacial score (nSPS) is 13.8. The van der Waals surface area contributed by atoms with Crippen molar-refractivity contribution in [3.05, 3.63) is 70.4 Å². The minimum atomic E-state index is -0.200. The highest BCUT2D eigenvalue weighted by molar-refractivity contribution is 5.78. The number of aryl methyl sites for hydroxylation is 1. The number of hydrogen-bond donors (Lipinski definition) is 2. The van der Waals surface area contributed by atoms with E-state index in [0.29, 0.717) is 22.9 Å². The first-order chi connectivity index (χ1) is 16.2. The maximum atomic E-state index is 12.7. The Morgan fingerprint density at radius 1 is 1.12 bits per heavy atom. The van der Waals surface area contributed by atoms with Gasteiger partial charge in [0.25, 0.3) is 5.56 Å². The summed E-state index contributed by atoms with van der Waals surface area (Å²) in [6, 6.07) is 12.7. The van der Waals surface area contributed by atoms with Gasteiger partial charge in [-0.05, 0) is 30.4 Å². The first kappa shape index (κ1) is 23.7. The third-order valence-corrected chi connectivity index (χ3v) is 6.22. The number of rotatable bonds is 9. The van der Waals surface area contributed by atoms with Gasteiger partial charge in [-0.2, -0.15) is 10.2 Å². The van der Waals surface area contributed by atoms with Crippen LogP contribution in [0.1, 0.15) is 64.3 Å². The van der Waals surface area contributed by atoms with Gasteiger partial charge in [-0.25, -0.2) is 4.98 Å². The van der Waals surface area contributed by atoms with Crippen LogP contribution >= 0.6 is 0 Å². The van der Waals surface area contributed by atoms with E-state index in [9.17, 15) is 4.79 Å². The fourth-order valence-electron chi connectivity index (χ4n) is 4.39. The Morgan fingerprint density at radius 2 is 1.88 bits per heavy atom. The Balaban J connectivity index is 1.38. The molecule has 3 aromatic heterocycles. The van der Waals surface area contributed by atoms with Gasteiger partial charge in [-0.15, -0.1) is 0 Å². The number of aromatic amines is 1. The summed E-state index contributed by atoms with van der Waals surface area (Å²) in [6.45, 7) is 9.20. The van der Waals surface area contributed by atoms with Gasteiger partial charge in [-0.3, -0.25) is 19.1 Å². The van der Waals surface area contributed by atoms with Crippen molar-refractivity contribution in [1.29, 1.82) is 0 Å². The Hall–Kier alpha value is -3.42. The highest BCUT2D eigenvalue weighted by Gasteiger charge is 2.25. The van der Waals surface area contributed by atoms with E-state index < -0.39 is 0 Å². The maximum absolute atomic E-state index is 12.7. The van der Waals surface area contributed by atoms with E-state index in [2.05, 4.69) is 72.5 Å². The number of aromatic nitrogens is 6. The molecule has 1 aromatic carbocycles. The summed E-state index contributed by atoms with van der Waals surface area (Å²) in [6.07, 6.45) is 7.01. The number of fused-ring (bicyclic) bond motifs is 1. The molecule has 8 heteroatoms. The lowest BCUT2D eigenvalue weighted by Gasteiger charge is -2.19. The van der Waals surface area contributed by atoms with Crippen molar-refractivity contribution in [3.8, 4) is 0 Å². The van der Waals surface area contributed by atoms with E-state index in [1.54, 1.807) is 11.7 Å². The number of benzene rings is 1. The lowest BCUT2D eigenvalue weighted by Crippen LogP contribution is -2.19. The van der Waals surface area contributed by atoms with Crippen LogP contribution < -0.4 is 10.9 Å². The van der Waals surface area contributed by atoms with E-state index in [0.717, 1.165) is 31.5 Å². The van der Waals surface area contributed by atoms with Gasteiger partial charge in [0.05, 0.1) is 11.7 Å².